The van der Waals surface area contributed by atoms with Gasteiger partial charge in [0.25, 0.3) is 5.91 Å². The lowest BCUT2D eigenvalue weighted by atomic mass is 10.1. The summed E-state index contributed by atoms with van der Waals surface area (Å²) in [5.74, 6) is 0.348. The van der Waals surface area contributed by atoms with Gasteiger partial charge in [-0.3, -0.25) is 9.78 Å². The number of nitrogens with one attached hydrogen (secondary N) is 1. The van der Waals surface area contributed by atoms with Crippen LogP contribution in [0.1, 0.15) is 5.56 Å². The first-order chi connectivity index (χ1) is 14.1. The maximum atomic E-state index is 12.2. The van der Waals surface area contributed by atoms with Gasteiger partial charge in [0, 0.05) is 16.3 Å². The van der Waals surface area contributed by atoms with Crippen molar-refractivity contribution < 1.29 is 9.53 Å². The van der Waals surface area contributed by atoms with E-state index in [1.165, 1.54) is 0 Å². The van der Waals surface area contributed by atoms with Gasteiger partial charge in [-0.15, -0.1) is 0 Å². The van der Waals surface area contributed by atoms with E-state index in [9.17, 15) is 4.79 Å². The van der Waals surface area contributed by atoms with Gasteiger partial charge in [-0.05, 0) is 61.0 Å². The van der Waals surface area contributed by atoms with E-state index >= 15 is 0 Å². The number of hydrogen-bond acceptors (Lipinski definition) is 4. The first kappa shape index (κ1) is 18.9. The zero-order valence-electron chi connectivity index (χ0n) is 15.7. The molecule has 6 heteroatoms. The summed E-state index contributed by atoms with van der Waals surface area (Å²) in [7, 11) is 0. The van der Waals surface area contributed by atoms with Crippen molar-refractivity contribution in [2.75, 3.05) is 11.9 Å². The third kappa shape index (κ3) is 4.52. The molecule has 0 unspecified atom stereocenters. The molecule has 0 saturated carbocycles. The van der Waals surface area contributed by atoms with Gasteiger partial charge in [0.2, 0.25) is 0 Å². The molecule has 4 rings (SSSR count). The van der Waals surface area contributed by atoms with Crippen molar-refractivity contribution in [2.24, 2.45) is 0 Å². The molecule has 0 fully saturated rings. The Balaban J connectivity index is 1.40. The summed E-state index contributed by atoms with van der Waals surface area (Å²) in [6, 6.07) is 20.5. The number of anilines is 1. The number of hydrogen-bond donors (Lipinski definition) is 1. The van der Waals surface area contributed by atoms with Crippen LogP contribution in [0.3, 0.4) is 0 Å². The molecule has 1 aromatic heterocycles. The van der Waals surface area contributed by atoms with E-state index in [1.54, 1.807) is 18.3 Å². The highest BCUT2D eigenvalue weighted by atomic mass is 35.5. The molecule has 1 N–H and O–H groups in total. The van der Waals surface area contributed by atoms with Crippen molar-refractivity contribution in [3.05, 3.63) is 83.5 Å². The van der Waals surface area contributed by atoms with Crippen molar-refractivity contribution in [3.8, 4) is 17.0 Å². The standard InChI is InChI=1S/C23H18ClN3O2/c1-15-6-9-17(24)12-21(15)27-23(28)14-29-18-10-7-16(8-11-18)22-13-25-19-4-2-3-5-20(19)26-22/h2-13H,14H2,1H3,(H,27,28). The van der Waals surface area contributed by atoms with E-state index in [-0.39, 0.29) is 12.5 Å². The van der Waals surface area contributed by atoms with E-state index in [2.05, 4.69) is 15.3 Å². The minimum Gasteiger partial charge on any atom is -0.484 e. The summed E-state index contributed by atoms with van der Waals surface area (Å²) in [4.78, 5) is 21.2. The monoisotopic (exact) mass is 403 g/mol. The summed E-state index contributed by atoms with van der Waals surface area (Å²) in [6.07, 6.45) is 1.75. The Morgan fingerprint density at radius 2 is 1.79 bits per heavy atom. The number of ether oxygens (including phenoxy) is 1. The number of aryl methyl sites for hydroxylation is 1. The smallest absolute Gasteiger partial charge is 0.262 e. The normalized spacial score (nSPS) is 10.7. The minimum absolute atomic E-state index is 0.0962. The highest BCUT2D eigenvalue weighted by molar-refractivity contribution is 6.31. The van der Waals surface area contributed by atoms with Crippen molar-refractivity contribution in [1.29, 1.82) is 0 Å². The average Bonchev–Trinajstić information content (AvgIpc) is 2.75. The summed E-state index contributed by atoms with van der Waals surface area (Å²) >= 11 is 5.98. The number of halogens is 1. The van der Waals surface area contributed by atoms with Gasteiger partial charge >= 0.3 is 0 Å². The Kier molecular flexibility index (Phi) is 5.40. The minimum atomic E-state index is -0.250. The van der Waals surface area contributed by atoms with E-state index in [1.807, 2.05) is 61.5 Å². The van der Waals surface area contributed by atoms with Crippen LogP contribution in [0.4, 0.5) is 5.69 Å². The predicted molar refractivity (Wildman–Crippen MR) is 115 cm³/mol. The lowest BCUT2D eigenvalue weighted by Crippen LogP contribution is -2.20. The molecule has 0 aliphatic heterocycles. The summed E-state index contributed by atoms with van der Waals surface area (Å²) in [5, 5.41) is 3.38. The van der Waals surface area contributed by atoms with Crippen molar-refractivity contribution in [3.63, 3.8) is 0 Å². The van der Waals surface area contributed by atoms with Crippen molar-refractivity contribution in [1.82, 2.24) is 9.97 Å². The fraction of sp³-hybridized carbons (Fsp3) is 0.0870. The number of benzene rings is 3. The van der Waals surface area contributed by atoms with Crippen LogP contribution < -0.4 is 10.1 Å². The number of carbonyl (C=O) groups excluding carboxylic acids is 1. The summed E-state index contributed by atoms with van der Waals surface area (Å²) in [6.45, 7) is 1.81. The second-order valence-corrected chi connectivity index (χ2v) is 7.00. The predicted octanol–water partition coefficient (Wildman–Crippen LogP) is 5.28. The Morgan fingerprint density at radius 1 is 1.03 bits per heavy atom. The molecule has 0 aliphatic rings. The Hall–Kier alpha value is -3.44. The lowest BCUT2D eigenvalue weighted by molar-refractivity contribution is -0.118. The number of rotatable bonds is 5. The number of para-hydroxylation sites is 2. The third-order valence-corrected chi connectivity index (χ3v) is 4.68. The van der Waals surface area contributed by atoms with E-state index in [0.29, 0.717) is 16.5 Å². The van der Waals surface area contributed by atoms with Crippen LogP contribution in [-0.4, -0.2) is 22.5 Å². The lowest BCUT2D eigenvalue weighted by Gasteiger charge is -2.10. The summed E-state index contributed by atoms with van der Waals surface area (Å²) in [5.41, 5.74) is 5.02. The van der Waals surface area contributed by atoms with Gasteiger partial charge in [0.1, 0.15) is 5.75 Å². The van der Waals surface area contributed by atoms with Crippen LogP contribution in [0.25, 0.3) is 22.3 Å². The quantitative estimate of drug-likeness (QED) is 0.492. The van der Waals surface area contributed by atoms with Crippen LogP contribution >= 0.6 is 11.6 Å². The molecule has 1 amide bonds. The molecule has 0 saturated heterocycles. The van der Waals surface area contributed by atoms with Crippen molar-refractivity contribution in [2.45, 2.75) is 6.92 Å². The van der Waals surface area contributed by atoms with Crippen LogP contribution in [0.5, 0.6) is 5.75 Å². The second kappa shape index (κ2) is 8.29. The number of amides is 1. The molecule has 0 radical (unpaired) electrons. The Morgan fingerprint density at radius 3 is 2.59 bits per heavy atom. The fourth-order valence-corrected chi connectivity index (χ4v) is 3.05. The van der Waals surface area contributed by atoms with Gasteiger partial charge in [-0.2, -0.15) is 0 Å². The van der Waals surface area contributed by atoms with Gasteiger partial charge in [0.05, 0.1) is 22.9 Å². The van der Waals surface area contributed by atoms with Crippen LogP contribution in [0.2, 0.25) is 5.02 Å². The number of nitrogens with zero attached hydrogens (tertiary/aromatic N) is 2. The zero-order chi connectivity index (χ0) is 20.2. The van der Waals surface area contributed by atoms with Gasteiger partial charge in [0.15, 0.2) is 6.61 Å². The molecule has 0 spiro atoms. The van der Waals surface area contributed by atoms with E-state index in [0.717, 1.165) is 27.9 Å². The molecule has 0 atom stereocenters. The Bertz CT molecular complexity index is 1180. The SMILES string of the molecule is Cc1ccc(Cl)cc1NC(=O)COc1ccc(-c2cnc3ccccc3n2)cc1. The zero-order valence-corrected chi connectivity index (χ0v) is 16.5. The van der Waals surface area contributed by atoms with Crippen molar-refractivity contribution >= 4 is 34.2 Å². The second-order valence-electron chi connectivity index (χ2n) is 6.56. The molecule has 0 bridgehead atoms. The molecule has 29 heavy (non-hydrogen) atoms. The summed E-state index contributed by atoms with van der Waals surface area (Å²) < 4.78 is 5.59. The maximum absolute atomic E-state index is 12.2. The highest BCUT2D eigenvalue weighted by Crippen LogP contribution is 2.23. The molecule has 1 heterocycles. The molecular formula is C23H18ClN3O2. The van der Waals surface area contributed by atoms with E-state index in [4.69, 9.17) is 16.3 Å². The average molecular weight is 404 g/mol. The first-order valence-electron chi connectivity index (χ1n) is 9.09. The molecule has 144 valence electrons. The highest BCUT2D eigenvalue weighted by Gasteiger charge is 2.08. The first-order valence-corrected chi connectivity index (χ1v) is 9.47. The fourth-order valence-electron chi connectivity index (χ4n) is 2.88. The number of fused-ring (bicyclic) bond motifs is 1. The molecule has 5 nitrogen and oxygen atoms in total. The van der Waals surface area contributed by atoms with E-state index < -0.39 is 0 Å². The third-order valence-electron chi connectivity index (χ3n) is 4.44. The topological polar surface area (TPSA) is 64.1 Å². The molecule has 0 aliphatic carbocycles. The number of aromatic nitrogens is 2. The van der Waals surface area contributed by atoms with Crippen LogP contribution in [-0.2, 0) is 4.79 Å². The molecular weight excluding hydrogens is 386 g/mol. The van der Waals surface area contributed by atoms with Gasteiger partial charge in [-0.1, -0.05) is 29.8 Å². The largest absolute Gasteiger partial charge is 0.484 e. The van der Waals surface area contributed by atoms with Gasteiger partial charge in [-0.25, -0.2) is 4.98 Å². The number of carbonyl (C=O) groups is 1. The Labute approximate surface area is 173 Å². The maximum Gasteiger partial charge on any atom is 0.262 e. The van der Waals surface area contributed by atoms with Gasteiger partial charge < -0.3 is 10.1 Å². The molecule has 4 aromatic rings. The van der Waals surface area contributed by atoms with Crippen LogP contribution in [0.15, 0.2) is 72.9 Å². The molecule has 3 aromatic carbocycles. The van der Waals surface area contributed by atoms with Crippen LogP contribution in [0, 0.1) is 6.92 Å².